The fraction of sp³-hybridized carbons (Fsp3) is 0.533. The minimum Gasteiger partial charge on any atom is -0.355 e. The molecule has 2 rings (SSSR count). The van der Waals surface area contributed by atoms with Crippen LogP contribution in [0.4, 0.5) is 0 Å². The van der Waals surface area contributed by atoms with E-state index in [-0.39, 0.29) is 11.9 Å². The van der Waals surface area contributed by atoms with Crippen LogP contribution in [0.1, 0.15) is 31.2 Å². The Morgan fingerprint density at radius 1 is 1.28 bits per heavy atom. The lowest BCUT2D eigenvalue weighted by molar-refractivity contribution is -0.123. The summed E-state index contributed by atoms with van der Waals surface area (Å²) in [4.78, 5) is 11.8. The molecule has 0 aromatic heterocycles. The van der Waals surface area contributed by atoms with Gasteiger partial charge in [-0.1, -0.05) is 36.8 Å². The Labute approximate surface area is 109 Å². The van der Waals surface area contributed by atoms with Crippen LogP contribution in [0.25, 0.3) is 0 Å². The third-order valence-electron chi connectivity index (χ3n) is 3.41. The minimum atomic E-state index is 0.0375. The molecule has 3 heteroatoms. The molecule has 1 aliphatic heterocycles. The molecule has 98 valence electrons. The van der Waals surface area contributed by atoms with Gasteiger partial charge in [0.25, 0.3) is 0 Å². The van der Waals surface area contributed by atoms with Crippen molar-refractivity contribution in [2.24, 2.45) is 0 Å². The average Bonchev–Trinajstić information content (AvgIpc) is 2.45. The molecule has 1 aromatic rings. The van der Waals surface area contributed by atoms with E-state index in [1.165, 1.54) is 12.0 Å². The largest absolute Gasteiger partial charge is 0.355 e. The minimum absolute atomic E-state index is 0.0375. The van der Waals surface area contributed by atoms with E-state index in [1.54, 1.807) is 0 Å². The van der Waals surface area contributed by atoms with E-state index >= 15 is 0 Å². The Hall–Kier alpha value is -1.35. The van der Waals surface area contributed by atoms with Crippen LogP contribution in [0.5, 0.6) is 0 Å². The van der Waals surface area contributed by atoms with Gasteiger partial charge in [0.1, 0.15) is 0 Å². The summed E-state index contributed by atoms with van der Waals surface area (Å²) in [7, 11) is 0. The van der Waals surface area contributed by atoms with Gasteiger partial charge in [0.05, 0.1) is 6.04 Å². The van der Waals surface area contributed by atoms with E-state index in [2.05, 4.69) is 34.9 Å². The third-order valence-corrected chi connectivity index (χ3v) is 3.41. The van der Waals surface area contributed by atoms with Crippen LogP contribution in [0, 0.1) is 0 Å². The van der Waals surface area contributed by atoms with E-state index in [0.717, 1.165) is 38.8 Å². The second-order valence-electron chi connectivity index (χ2n) is 4.88. The topological polar surface area (TPSA) is 41.1 Å². The van der Waals surface area contributed by atoms with Gasteiger partial charge in [0.15, 0.2) is 0 Å². The van der Waals surface area contributed by atoms with Crippen LogP contribution in [-0.4, -0.2) is 25.0 Å². The number of benzene rings is 1. The molecular formula is C15H22N2O. The number of rotatable bonds is 5. The summed E-state index contributed by atoms with van der Waals surface area (Å²) in [5.74, 6) is 0.169. The number of aryl methyl sites for hydroxylation is 1. The number of hydrogen-bond donors (Lipinski definition) is 2. The van der Waals surface area contributed by atoms with Crippen molar-refractivity contribution < 1.29 is 4.79 Å². The first-order valence-corrected chi connectivity index (χ1v) is 6.91. The third kappa shape index (κ3) is 4.15. The maximum Gasteiger partial charge on any atom is 0.237 e. The van der Waals surface area contributed by atoms with Gasteiger partial charge < -0.3 is 10.6 Å². The van der Waals surface area contributed by atoms with E-state index < -0.39 is 0 Å². The molecule has 1 aromatic carbocycles. The van der Waals surface area contributed by atoms with Crippen molar-refractivity contribution in [3.63, 3.8) is 0 Å². The molecule has 18 heavy (non-hydrogen) atoms. The predicted molar refractivity (Wildman–Crippen MR) is 73.4 cm³/mol. The maximum atomic E-state index is 11.8. The number of carbonyl (C=O) groups is 1. The van der Waals surface area contributed by atoms with Gasteiger partial charge in [-0.05, 0) is 37.8 Å². The zero-order valence-electron chi connectivity index (χ0n) is 10.8. The van der Waals surface area contributed by atoms with Gasteiger partial charge >= 0.3 is 0 Å². The van der Waals surface area contributed by atoms with Crippen LogP contribution in [-0.2, 0) is 11.2 Å². The van der Waals surface area contributed by atoms with Crippen LogP contribution in [0.15, 0.2) is 30.3 Å². The van der Waals surface area contributed by atoms with Crippen molar-refractivity contribution in [2.75, 3.05) is 13.1 Å². The Morgan fingerprint density at radius 2 is 2.11 bits per heavy atom. The molecule has 1 heterocycles. The molecular weight excluding hydrogens is 224 g/mol. The molecule has 1 amide bonds. The van der Waals surface area contributed by atoms with Gasteiger partial charge in [-0.15, -0.1) is 0 Å². The lowest BCUT2D eigenvalue weighted by Crippen LogP contribution is -2.46. The summed E-state index contributed by atoms with van der Waals surface area (Å²) in [6.45, 7) is 1.74. The van der Waals surface area contributed by atoms with Crippen molar-refractivity contribution in [3.8, 4) is 0 Å². The molecule has 3 nitrogen and oxygen atoms in total. The first-order chi connectivity index (χ1) is 8.86. The summed E-state index contributed by atoms with van der Waals surface area (Å²) < 4.78 is 0. The Morgan fingerprint density at radius 3 is 2.83 bits per heavy atom. The van der Waals surface area contributed by atoms with Crippen LogP contribution < -0.4 is 10.6 Å². The van der Waals surface area contributed by atoms with Gasteiger partial charge in [0.2, 0.25) is 5.91 Å². The number of carbonyl (C=O) groups excluding carboxylic acids is 1. The summed E-state index contributed by atoms with van der Waals surface area (Å²) in [6, 6.07) is 10.4. The van der Waals surface area contributed by atoms with Crippen LogP contribution >= 0.6 is 0 Å². The summed E-state index contributed by atoms with van der Waals surface area (Å²) in [6.07, 6.45) is 5.36. The highest BCUT2D eigenvalue weighted by Gasteiger charge is 2.19. The predicted octanol–water partition coefficient (Wildman–Crippen LogP) is 1.88. The molecule has 1 saturated heterocycles. The van der Waals surface area contributed by atoms with Crippen molar-refractivity contribution >= 4 is 5.91 Å². The molecule has 0 spiro atoms. The molecule has 0 bridgehead atoms. The molecule has 1 atom stereocenters. The molecule has 0 radical (unpaired) electrons. The zero-order valence-corrected chi connectivity index (χ0v) is 10.8. The van der Waals surface area contributed by atoms with Crippen molar-refractivity contribution in [1.82, 2.24) is 10.6 Å². The zero-order chi connectivity index (χ0) is 12.6. The van der Waals surface area contributed by atoms with Gasteiger partial charge in [-0.25, -0.2) is 0 Å². The molecule has 0 aliphatic carbocycles. The molecule has 1 aliphatic rings. The molecule has 0 saturated carbocycles. The Balaban J connectivity index is 1.61. The summed E-state index contributed by atoms with van der Waals surface area (Å²) in [5, 5.41) is 6.29. The highest BCUT2D eigenvalue weighted by atomic mass is 16.2. The highest BCUT2D eigenvalue weighted by Crippen LogP contribution is 2.07. The highest BCUT2D eigenvalue weighted by molar-refractivity contribution is 5.81. The van der Waals surface area contributed by atoms with Crippen molar-refractivity contribution in [3.05, 3.63) is 35.9 Å². The lowest BCUT2D eigenvalue weighted by Gasteiger charge is -2.22. The average molecular weight is 246 g/mol. The fourth-order valence-corrected chi connectivity index (χ4v) is 2.35. The lowest BCUT2D eigenvalue weighted by atomic mass is 10.0. The number of hydrogen-bond acceptors (Lipinski definition) is 2. The smallest absolute Gasteiger partial charge is 0.237 e. The maximum absolute atomic E-state index is 11.8. The second-order valence-corrected chi connectivity index (χ2v) is 4.88. The summed E-state index contributed by atoms with van der Waals surface area (Å²) in [5.41, 5.74) is 1.34. The van der Waals surface area contributed by atoms with E-state index in [4.69, 9.17) is 0 Å². The fourth-order valence-electron chi connectivity index (χ4n) is 2.35. The summed E-state index contributed by atoms with van der Waals surface area (Å²) >= 11 is 0. The Bertz CT molecular complexity index is 358. The van der Waals surface area contributed by atoms with Crippen LogP contribution in [0.2, 0.25) is 0 Å². The standard InChI is InChI=1S/C15H22N2O/c18-15(14-10-4-5-11-16-14)17-12-6-9-13-7-2-1-3-8-13/h1-3,7-8,14,16H,4-6,9-12H2,(H,17,18). The monoisotopic (exact) mass is 246 g/mol. The normalized spacial score (nSPS) is 19.4. The SMILES string of the molecule is O=C(NCCCc1ccccc1)C1CCCCN1. The van der Waals surface area contributed by atoms with Crippen molar-refractivity contribution in [1.29, 1.82) is 0 Å². The molecule has 1 unspecified atom stereocenters. The molecule has 2 N–H and O–H groups in total. The molecule has 1 fully saturated rings. The quantitative estimate of drug-likeness (QED) is 0.779. The number of piperidine rings is 1. The number of amides is 1. The van der Waals surface area contributed by atoms with E-state index in [0.29, 0.717) is 0 Å². The first-order valence-electron chi connectivity index (χ1n) is 6.91. The van der Waals surface area contributed by atoms with Gasteiger partial charge in [-0.2, -0.15) is 0 Å². The first kappa shape index (κ1) is 13.1. The van der Waals surface area contributed by atoms with Crippen LogP contribution in [0.3, 0.4) is 0 Å². The van der Waals surface area contributed by atoms with Crippen molar-refractivity contribution in [2.45, 2.75) is 38.1 Å². The van der Waals surface area contributed by atoms with Gasteiger partial charge in [0, 0.05) is 6.54 Å². The van der Waals surface area contributed by atoms with E-state index in [9.17, 15) is 4.79 Å². The van der Waals surface area contributed by atoms with Gasteiger partial charge in [-0.3, -0.25) is 4.79 Å². The second kappa shape index (κ2) is 7.17. The Kier molecular flexibility index (Phi) is 5.21. The number of nitrogens with one attached hydrogen (secondary N) is 2. The van der Waals surface area contributed by atoms with E-state index in [1.807, 2.05) is 6.07 Å².